The molecule has 0 amide bonds. The second-order valence-electron chi connectivity index (χ2n) is 8.48. The Hall–Kier alpha value is -4.04. The number of nitrogens with zero attached hydrogens (tertiary/aromatic N) is 3. The molecule has 0 unspecified atom stereocenters. The molecule has 2 aromatic rings. The number of carbonyl (C=O) groups is 5. The van der Waals surface area contributed by atoms with E-state index >= 15 is 0 Å². The Labute approximate surface area is 245 Å². The lowest BCUT2D eigenvalue weighted by molar-refractivity contribution is -0.197. The van der Waals surface area contributed by atoms with Gasteiger partial charge in [-0.3, -0.25) is 24.0 Å². The van der Waals surface area contributed by atoms with Crippen LogP contribution in [0.1, 0.15) is 34.6 Å². The number of rotatable bonds is 13. The first kappa shape index (κ1) is 33.2. The van der Waals surface area contributed by atoms with E-state index in [0.717, 1.165) is 46.4 Å². The van der Waals surface area contributed by atoms with Crippen LogP contribution in [0.5, 0.6) is 0 Å². The summed E-state index contributed by atoms with van der Waals surface area (Å²) in [5.74, 6) is -3.99. The zero-order valence-corrected chi connectivity index (χ0v) is 24.8. The topological polar surface area (TPSA) is 160 Å². The first-order valence-electron chi connectivity index (χ1n) is 12.1. The Bertz CT molecular complexity index is 1270. The molecule has 15 heteroatoms. The second-order valence-corrected chi connectivity index (χ2v) is 9.76. The highest BCUT2D eigenvalue weighted by atomic mass is 35.5. The molecule has 0 spiro atoms. The Morgan fingerprint density at radius 1 is 0.878 bits per heavy atom. The van der Waals surface area contributed by atoms with Crippen molar-refractivity contribution in [1.82, 2.24) is 4.98 Å². The molecule has 0 bridgehead atoms. The average molecular weight is 612 g/mol. The monoisotopic (exact) mass is 611 g/mol. The number of benzene rings is 1. The summed E-state index contributed by atoms with van der Waals surface area (Å²) in [7, 11) is 1.58. The van der Waals surface area contributed by atoms with Crippen molar-refractivity contribution in [1.29, 1.82) is 0 Å². The van der Waals surface area contributed by atoms with Gasteiger partial charge in [0.15, 0.2) is 24.4 Å². The van der Waals surface area contributed by atoms with Gasteiger partial charge in [-0.2, -0.15) is 5.10 Å². The minimum absolute atomic E-state index is 0.459. The molecule has 41 heavy (non-hydrogen) atoms. The molecular weight excluding hydrogens is 582 g/mol. The Morgan fingerprint density at radius 3 is 1.98 bits per heavy atom. The Kier molecular flexibility index (Phi) is 12.7. The number of thiazole rings is 1. The van der Waals surface area contributed by atoms with Crippen LogP contribution in [0.3, 0.4) is 0 Å². The number of esters is 5. The van der Waals surface area contributed by atoms with E-state index in [1.165, 1.54) is 16.3 Å². The standard InChI is InChI=1S/C26H30ClN3O10S/c1-14(31)36-12-23(38-16(3)33)25(40-18(5)35)24(39-17(4)34)22(37-15(2)32)11-28-30(6)26-29-21(13-41-26)19-7-9-20(27)10-8-19/h7-11,13,22-25H,12H2,1-6H3/b28-11+/t22-,23+,24+,25+/m0/s1. The minimum atomic E-state index is -1.57. The van der Waals surface area contributed by atoms with E-state index in [9.17, 15) is 24.0 Å². The summed E-state index contributed by atoms with van der Waals surface area (Å²) < 4.78 is 26.3. The van der Waals surface area contributed by atoms with E-state index in [2.05, 4.69) is 10.1 Å². The molecule has 0 radical (unpaired) electrons. The molecule has 1 aromatic heterocycles. The second kappa shape index (κ2) is 15.7. The van der Waals surface area contributed by atoms with E-state index in [1.807, 2.05) is 17.5 Å². The third kappa shape index (κ3) is 11.2. The van der Waals surface area contributed by atoms with Gasteiger partial charge < -0.3 is 23.7 Å². The molecule has 1 aromatic carbocycles. The van der Waals surface area contributed by atoms with E-state index in [4.69, 9.17) is 35.3 Å². The third-order valence-electron chi connectivity index (χ3n) is 4.98. The molecule has 2 rings (SSSR count). The number of anilines is 1. The smallest absolute Gasteiger partial charge is 0.303 e. The van der Waals surface area contributed by atoms with E-state index in [0.29, 0.717) is 15.8 Å². The highest BCUT2D eigenvalue weighted by Crippen LogP contribution is 2.28. The summed E-state index contributed by atoms with van der Waals surface area (Å²) in [4.78, 5) is 64.0. The molecule has 0 aliphatic carbocycles. The van der Waals surface area contributed by atoms with Gasteiger partial charge in [0.25, 0.3) is 0 Å². The summed E-state index contributed by atoms with van der Waals surface area (Å²) in [6, 6.07) is 7.10. The molecule has 0 saturated heterocycles. The summed E-state index contributed by atoms with van der Waals surface area (Å²) in [5.41, 5.74) is 1.50. The Balaban J connectivity index is 2.46. The lowest BCUT2D eigenvalue weighted by Gasteiger charge is -2.34. The molecule has 1 heterocycles. The molecule has 4 atom stereocenters. The number of hydrogen-bond acceptors (Lipinski definition) is 14. The highest BCUT2D eigenvalue weighted by molar-refractivity contribution is 7.14. The number of carbonyl (C=O) groups excluding carboxylic acids is 5. The van der Waals surface area contributed by atoms with Gasteiger partial charge in [0.2, 0.25) is 5.13 Å². The molecule has 13 nitrogen and oxygen atoms in total. The maximum absolute atomic E-state index is 12.1. The maximum Gasteiger partial charge on any atom is 0.303 e. The first-order valence-corrected chi connectivity index (χ1v) is 13.3. The first-order chi connectivity index (χ1) is 19.3. The molecular formula is C26H30ClN3O10S. The number of halogens is 1. The van der Waals surface area contributed by atoms with Crippen LogP contribution >= 0.6 is 22.9 Å². The Morgan fingerprint density at radius 2 is 1.44 bits per heavy atom. The lowest BCUT2D eigenvalue weighted by Crippen LogP contribution is -2.53. The van der Waals surface area contributed by atoms with Crippen LogP contribution in [-0.4, -0.2) is 79.1 Å². The largest absolute Gasteiger partial charge is 0.462 e. The van der Waals surface area contributed by atoms with Crippen molar-refractivity contribution >= 4 is 64.1 Å². The number of hydrogen-bond donors (Lipinski definition) is 0. The lowest BCUT2D eigenvalue weighted by atomic mass is 10.0. The van der Waals surface area contributed by atoms with Crippen molar-refractivity contribution < 1.29 is 47.7 Å². The summed E-state index contributed by atoms with van der Waals surface area (Å²) in [5, 5.41) is 8.52. The molecule has 0 aliphatic heterocycles. The molecule has 0 saturated carbocycles. The van der Waals surface area contributed by atoms with Gasteiger partial charge >= 0.3 is 29.8 Å². The van der Waals surface area contributed by atoms with Crippen LogP contribution in [0.4, 0.5) is 5.13 Å². The van der Waals surface area contributed by atoms with Crippen molar-refractivity contribution in [3.63, 3.8) is 0 Å². The van der Waals surface area contributed by atoms with Crippen molar-refractivity contribution in [3.05, 3.63) is 34.7 Å². The van der Waals surface area contributed by atoms with Gasteiger partial charge in [-0.25, -0.2) is 9.99 Å². The maximum atomic E-state index is 12.1. The van der Waals surface area contributed by atoms with Gasteiger partial charge in [-0.1, -0.05) is 23.7 Å². The molecule has 0 fully saturated rings. The van der Waals surface area contributed by atoms with Gasteiger partial charge in [0.05, 0.1) is 11.9 Å². The van der Waals surface area contributed by atoms with Crippen LogP contribution in [-0.2, 0) is 47.7 Å². The van der Waals surface area contributed by atoms with Crippen molar-refractivity contribution in [2.24, 2.45) is 5.10 Å². The number of aromatic nitrogens is 1. The van der Waals surface area contributed by atoms with Crippen molar-refractivity contribution in [3.8, 4) is 11.3 Å². The van der Waals surface area contributed by atoms with Crippen LogP contribution in [0.15, 0.2) is 34.7 Å². The molecule has 222 valence electrons. The number of ether oxygens (including phenoxy) is 5. The third-order valence-corrected chi connectivity index (χ3v) is 6.14. The van der Waals surface area contributed by atoms with Crippen LogP contribution < -0.4 is 5.01 Å². The van der Waals surface area contributed by atoms with Crippen LogP contribution in [0.25, 0.3) is 11.3 Å². The zero-order chi connectivity index (χ0) is 30.7. The van der Waals surface area contributed by atoms with E-state index < -0.39 is 60.9 Å². The summed E-state index contributed by atoms with van der Waals surface area (Å²) in [6.45, 7) is 4.90. The van der Waals surface area contributed by atoms with Gasteiger partial charge in [0, 0.05) is 57.6 Å². The molecule has 0 aliphatic rings. The van der Waals surface area contributed by atoms with Gasteiger partial charge in [-0.05, 0) is 12.1 Å². The van der Waals surface area contributed by atoms with Crippen LogP contribution in [0.2, 0.25) is 5.02 Å². The predicted molar refractivity (Wildman–Crippen MR) is 148 cm³/mol. The van der Waals surface area contributed by atoms with E-state index in [1.54, 1.807) is 19.2 Å². The highest BCUT2D eigenvalue weighted by Gasteiger charge is 2.43. The van der Waals surface area contributed by atoms with Gasteiger partial charge in [-0.15, -0.1) is 11.3 Å². The zero-order valence-electron chi connectivity index (χ0n) is 23.2. The van der Waals surface area contributed by atoms with E-state index in [-0.39, 0.29) is 0 Å². The van der Waals surface area contributed by atoms with Gasteiger partial charge in [0.1, 0.15) is 6.61 Å². The predicted octanol–water partition coefficient (Wildman–Crippen LogP) is 3.18. The number of hydrazone groups is 1. The van der Waals surface area contributed by atoms with Crippen molar-refractivity contribution in [2.45, 2.75) is 59.0 Å². The minimum Gasteiger partial charge on any atom is -0.462 e. The SMILES string of the molecule is CC(=O)OC[C@@H](OC(C)=O)[C@@H](OC(C)=O)[C@H](OC(C)=O)[C@H](/C=N/N(C)c1nc(-c2ccc(Cl)cc2)cs1)OC(C)=O. The van der Waals surface area contributed by atoms with Crippen molar-refractivity contribution in [2.75, 3.05) is 18.7 Å². The summed E-state index contributed by atoms with van der Waals surface area (Å²) >= 11 is 7.23. The quantitative estimate of drug-likeness (QED) is 0.141. The normalized spacial score (nSPS) is 13.8. The average Bonchev–Trinajstić information content (AvgIpc) is 3.36. The van der Waals surface area contributed by atoms with Crippen LogP contribution in [0, 0.1) is 0 Å². The fourth-order valence-electron chi connectivity index (χ4n) is 3.42. The summed E-state index contributed by atoms with van der Waals surface area (Å²) in [6.07, 6.45) is -4.88. The fraction of sp³-hybridized carbons (Fsp3) is 0.423. The molecule has 0 N–H and O–H groups in total. The fourth-order valence-corrected chi connectivity index (χ4v) is 4.31.